The molecular formula is C12H28CrO4. The molecule has 0 aliphatic carbocycles. The van der Waals surface area contributed by atoms with Crippen LogP contribution in [0.25, 0.3) is 0 Å². The van der Waals surface area contributed by atoms with Gasteiger partial charge < -0.3 is 0 Å². The topological polar surface area (TPSA) is 74.6 Å². The van der Waals surface area contributed by atoms with Crippen LogP contribution in [0, 0.1) is 11.8 Å². The third-order valence-corrected chi connectivity index (χ3v) is 13.8. The summed E-state index contributed by atoms with van der Waals surface area (Å²) in [6, 6.07) is 0. The van der Waals surface area contributed by atoms with Crippen molar-refractivity contribution in [2.45, 2.75) is 63.9 Å². The van der Waals surface area contributed by atoms with Crippen LogP contribution in [0.1, 0.15) is 55.4 Å². The molecular weight excluding hydrogens is 260 g/mol. The van der Waals surface area contributed by atoms with Gasteiger partial charge in [0.1, 0.15) is 0 Å². The molecule has 106 valence electrons. The van der Waals surface area contributed by atoms with Gasteiger partial charge in [-0.05, 0) is 0 Å². The van der Waals surface area contributed by atoms with Crippen LogP contribution in [-0.2, 0) is 19.1 Å². The molecule has 0 rings (SSSR count). The summed E-state index contributed by atoms with van der Waals surface area (Å²) in [6.07, 6.45) is 0. The SMILES string of the molecule is CC(C)[C](C)(C)[Cr](=[O])(=[O])([OH])([OH])[C](C)(C)C(C)C. The molecule has 0 aromatic rings. The zero-order valence-corrected chi connectivity index (χ0v) is 13.5. The maximum atomic E-state index is 12.9. The first-order valence-corrected chi connectivity index (χ1v) is 9.45. The predicted molar refractivity (Wildman–Crippen MR) is 63.6 cm³/mol. The molecule has 0 spiro atoms. The van der Waals surface area contributed by atoms with Crippen molar-refractivity contribution in [2.24, 2.45) is 11.8 Å². The zero-order chi connectivity index (χ0) is 14.6. The van der Waals surface area contributed by atoms with Crippen molar-refractivity contribution in [3.63, 3.8) is 0 Å². The first-order valence-electron chi connectivity index (χ1n) is 5.99. The van der Waals surface area contributed by atoms with Crippen molar-refractivity contribution in [2.75, 3.05) is 0 Å². The Hall–Kier alpha value is 0.0525. The van der Waals surface area contributed by atoms with Gasteiger partial charge in [-0.25, -0.2) is 0 Å². The summed E-state index contributed by atoms with van der Waals surface area (Å²) in [6.45, 7) is 12.3. The van der Waals surface area contributed by atoms with Gasteiger partial charge in [-0.1, -0.05) is 0 Å². The van der Waals surface area contributed by atoms with Crippen molar-refractivity contribution in [3.8, 4) is 0 Å². The van der Waals surface area contributed by atoms with Crippen molar-refractivity contribution < 1.29 is 27.4 Å². The van der Waals surface area contributed by atoms with Crippen LogP contribution >= 0.6 is 0 Å². The molecule has 0 heterocycles. The Morgan fingerprint density at radius 2 is 0.941 bits per heavy atom. The molecule has 0 amide bonds. The molecule has 0 aliphatic rings. The third kappa shape index (κ3) is 1.79. The van der Waals surface area contributed by atoms with Gasteiger partial charge in [-0.15, -0.1) is 0 Å². The molecule has 0 aliphatic heterocycles. The Balaban J connectivity index is 6.52. The van der Waals surface area contributed by atoms with Gasteiger partial charge in [0.15, 0.2) is 0 Å². The molecule has 0 fully saturated rings. The molecule has 0 atom stereocenters. The monoisotopic (exact) mass is 288 g/mol. The van der Waals surface area contributed by atoms with Gasteiger partial charge in [0.05, 0.1) is 0 Å². The summed E-state index contributed by atoms with van der Waals surface area (Å²) in [4.78, 5) is 0. The van der Waals surface area contributed by atoms with Gasteiger partial charge >= 0.3 is 103 Å². The van der Waals surface area contributed by atoms with Crippen molar-refractivity contribution in [1.82, 2.24) is 0 Å². The predicted octanol–water partition coefficient (Wildman–Crippen LogP) is 3.43. The molecule has 5 heteroatoms. The molecule has 2 N–H and O–H groups in total. The fourth-order valence-electron chi connectivity index (χ4n) is 1.72. The van der Waals surface area contributed by atoms with E-state index in [4.69, 9.17) is 0 Å². The molecule has 0 saturated heterocycles. The van der Waals surface area contributed by atoms with E-state index >= 15 is 0 Å². The van der Waals surface area contributed by atoms with E-state index in [2.05, 4.69) is 0 Å². The molecule has 0 saturated carbocycles. The zero-order valence-electron chi connectivity index (χ0n) is 12.3. The van der Waals surface area contributed by atoms with Gasteiger partial charge in [0, 0.05) is 0 Å². The third-order valence-electron chi connectivity index (χ3n) is 5.11. The number of hydrogen-bond donors (Lipinski definition) is 2. The van der Waals surface area contributed by atoms with E-state index < -0.39 is 31.9 Å². The molecule has 17 heavy (non-hydrogen) atoms. The summed E-state index contributed by atoms with van der Waals surface area (Å²) in [5, 5.41) is 0. The average Bonchev–Trinajstić information content (AvgIpc) is 2.00. The van der Waals surface area contributed by atoms with Crippen molar-refractivity contribution in [3.05, 3.63) is 0 Å². The molecule has 0 bridgehead atoms. The quantitative estimate of drug-likeness (QED) is 0.831. The molecule has 0 radical (unpaired) electrons. The summed E-state index contributed by atoms with van der Waals surface area (Å²) >= 11 is -7.39. The fourth-order valence-corrected chi connectivity index (χ4v) is 7.09. The minimum atomic E-state index is -7.39. The fraction of sp³-hybridized carbons (Fsp3) is 1.00. The maximum absolute atomic E-state index is 12.9. The van der Waals surface area contributed by atoms with Crippen LogP contribution in [0.4, 0.5) is 0 Å². The second-order valence-electron chi connectivity index (χ2n) is 6.76. The Morgan fingerprint density at radius 3 is 1.06 bits per heavy atom. The van der Waals surface area contributed by atoms with Crippen LogP contribution in [0.2, 0.25) is 8.55 Å². The van der Waals surface area contributed by atoms with Crippen molar-refractivity contribution >= 4 is 0 Å². The van der Waals surface area contributed by atoms with Gasteiger partial charge in [0.25, 0.3) is 0 Å². The second-order valence-corrected chi connectivity index (χ2v) is 13.9. The summed E-state index contributed by atoms with van der Waals surface area (Å²) < 4.78 is 43.5. The van der Waals surface area contributed by atoms with E-state index in [1.807, 2.05) is 0 Å². The second kappa shape index (κ2) is 3.33. The first-order chi connectivity index (χ1) is 6.93. The Labute approximate surface area is 103 Å². The van der Waals surface area contributed by atoms with Gasteiger partial charge in [0.2, 0.25) is 0 Å². The van der Waals surface area contributed by atoms with Gasteiger partial charge in [-0.2, -0.15) is 0 Å². The normalized spacial score (nSPS) is 19.3. The molecule has 0 aromatic heterocycles. The standard InChI is InChI=1S/2C6H13.Cr.2H2O.2O/c2*1-5(2)6(3)4;;;;;/h2*5H,1-4H3;;2*1H2;;/q;;+2;;;;/p-2. The van der Waals surface area contributed by atoms with Crippen LogP contribution in [0.5, 0.6) is 0 Å². The van der Waals surface area contributed by atoms with Crippen LogP contribution in [0.15, 0.2) is 0 Å². The van der Waals surface area contributed by atoms with Crippen LogP contribution in [-0.4, -0.2) is 8.32 Å². The van der Waals surface area contributed by atoms with E-state index in [0.29, 0.717) is 0 Å². The Bertz CT molecular complexity index is 431. The van der Waals surface area contributed by atoms with E-state index in [1.54, 1.807) is 27.7 Å². The average molecular weight is 288 g/mol. The van der Waals surface area contributed by atoms with Gasteiger partial charge in [-0.3, -0.25) is 0 Å². The van der Waals surface area contributed by atoms with E-state index in [9.17, 15) is 15.9 Å². The summed E-state index contributed by atoms with van der Waals surface area (Å²) in [7, 11) is 0. The molecule has 4 nitrogen and oxygen atoms in total. The van der Waals surface area contributed by atoms with Crippen molar-refractivity contribution in [1.29, 1.82) is 0 Å². The minimum absolute atomic E-state index is 0.402. The molecule has 0 aromatic carbocycles. The number of rotatable bonds is 4. The molecule has 0 unspecified atom stereocenters. The Kier molecular flexibility index (Phi) is 3.34. The van der Waals surface area contributed by atoms with Crippen LogP contribution < -0.4 is 0 Å². The van der Waals surface area contributed by atoms with Crippen LogP contribution in [0.3, 0.4) is 0 Å². The first kappa shape index (κ1) is 17.1. The number of hydrogen-bond acceptors (Lipinski definition) is 2. The summed E-state index contributed by atoms with van der Waals surface area (Å²) in [5.74, 6) is -0.805. The Morgan fingerprint density at radius 1 is 0.765 bits per heavy atom. The van der Waals surface area contributed by atoms with E-state index in [0.717, 1.165) is 0 Å². The van der Waals surface area contributed by atoms with E-state index in [-0.39, 0.29) is 0 Å². The summed E-state index contributed by atoms with van der Waals surface area (Å²) in [5.41, 5.74) is 0. The van der Waals surface area contributed by atoms with E-state index in [1.165, 1.54) is 27.7 Å².